The van der Waals surface area contributed by atoms with Gasteiger partial charge in [0.15, 0.2) is 0 Å². The van der Waals surface area contributed by atoms with Gasteiger partial charge in [-0.05, 0) is 57.8 Å². The molecular weight excluding hydrogens is 863 g/mol. The second-order valence-corrected chi connectivity index (χ2v) is 21.7. The molecule has 0 aliphatic carbocycles. The summed E-state index contributed by atoms with van der Waals surface area (Å²) in [6.45, 7) is 4.89. The van der Waals surface area contributed by atoms with Crippen molar-refractivity contribution in [1.82, 2.24) is 5.32 Å². The number of hydrogen-bond donors (Lipinski definition) is 3. The first kappa shape index (κ1) is 68.3. The number of unbranched alkanes of at least 4 members (excludes halogenated alkanes) is 46. The van der Waals surface area contributed by atoms with Crippen molar-refractivity contribution in [3.63, 3.8) is 0 Å². The molecule has 0 aliphatic heterocycles. The molecule has 6 nitrogen and oxygen atoms in total. The van der Waals surface area contributed by atoms with E-state index in [1.165, 1.54) is 250 Å². The molecule has 2 atom stereocenters. The molecule has 0 spiro atoms. The number of amides is 1. The molecule has 6 heteroatoms. The van der Waals surface area contributed by atoms with Crippen LogP contribution in [0.25, 0.3) is 0 Å². The van der Waals surface area contributed by atoms with E-state index >= 15 is 0 Å². The summed E-state index contributed by atoms with van der Waals surface area (Å²) in [5.74, 6) is -0.103. The molecule has 0 heterocycles. The van der Waals surface area contributed by atoms with Gasteiger partial charge >= 0.3 is 5.97 Å². The molecule has 0 aliphatic rings. The number of aliphatic hydroxyl groups is 2. The first-order valence-corrected chi connectivity index (χ1v) is 31.6. The van der Waals surface area contributed by atoms with Crippen LogP contribution in [0.15, 0.2) is 24.3 Å². The molecule has 0 saturated carbocycles. The second-order valence-electron chi connectivity index (χ2n) is 21.7. The van der Waals surface area contributed by atoms with Crippen molar-refractivity contribution in [1.29, 1.82) is 0 Å². The third kappa shape index (κ3) is 55.7. The minimum Gasteiger partial charge on any atom is -0.466 e. The molecule has 0 fully saturated rings. The second kappa shape index (κ2) is 59.9. The van der Waals surface area contributed by atoms with Gasteiger partial charge in [0.25, 0.3) is 0 Å². The molecule has 0 aromatic heterocycles. The summed E-state index contributed by atoms with van der Waals surface area (Å²) in [5, 5.41) is 23.2. The maximum atomic E-state index is 12.5. The first-order valence-electron chi connectivity index (χ1n) is 31.6. The third-order valence-electron chi connectivity index (χ3n) is 14.7. The SMILES string of the molecule is CCCCCCCCCCCCCCCCCCCCCCC/C=C/C(O)C(CO)NC(=O)CCCCC/C=C\CCCCCCCCOC(=O)CCCCCCCCCCCCCCCCCCC. The average Bonchev–Trinajstić information content (AvgIpc) is 3.36. The van der Waals surface area contributed by atoms with Crippen molar-refractivity contribution in [2.75, 3.05) is 13.2 Å². The Bertz CT molecular complexity index is 1090. The van der Waals surface area contributed by atoms with Gasteiger partial charge in [-0.1, -0.05) is 301 Å². The van der Waals surface area contributed by atoms with E-state index in [1.807, 2.05) is 6.08 Å². The summed E-state index contributed by atoms with van der Waals surface area (Å²) in [5.41, 5.74) is 0. The number of esters is 1. The Kier molecular flexibility index (Phi) is 58.5. The fraction of sp³-hybridized carbons (Fsp3) is 0.906. The molecule has 0 radical (unpaired) electrons. The first-order chi connectivity index (χ1) is 34.5. The highest BCUT2D eigenvalue weighted by Gasteiger charge is 2.18. The Labute approximate surface area is 437 Å². The molecule has 3 N–H and O–H groups in total. The van der Waals surface area contributed by atoms with Crippen LogP contribution in [0, 0.1) is 0 Å². The Morgan fingerprint density at radius 1 is 0.386 bits per heavy atom. The van der Waals surface area contributed by atoms with Crippen molar-refractivity contribution in [3.05, 3.63) is 24.3 Å². The highest BCUT2D eigenvalue weighted by Crippen LogP contribution is 2.18. The van der Waals surface area contributed by atoms with Crippen molar-refractivity contribution >= 4 is 11.9 Å². The molecule has 0 aromatic rings. The molecule has 0 saturated heterocycles. The van der Waals surface area contributed by atoms with E-state index in [4.69, 9.17) is 4.74 Å². The van der Waals surface area contributed by atoms with E-state index in [0.29, 0.717) is 19.4 Å². The Morgan fingerprint density at radius 2 is 0.671 bits per heavy atom. The summed E-state index contributed by atoms with van der Waals surface area (Å²) in [4.78, 5) is 24.6. The third-order valence-corrected chi connectivity index (χ3v) is 14.7. The molecule has 414 valence electrons. The van der Waals surface area contributed by atoms with Gasteiger partial charge < -0.3 is 20.3 Å². The molecule has 0 bridgehead atoms. The summed E-state index contributed by atoms with van der Waals surface area (Å²) in [6.07, 6.45) is 73.6. The lowest BCUT2D eigenvalue weighted by atomic mass is 10.0. The van der Waals surface area contributed by atoms with Gasteiger partial charge in [0, 0.05) is 12.8 Å². The fourth-order valence-electron chi connectivity index (χ4n) is 9.87. The van der Waals surface area contributed by atoms with Crippen LogP contribution in [0.3, 0.4) is 0 Å². The van der Waals surface area contributed by atoms with Crippen LogP contribution in [-0.4, -0.2) is 47.4 Å². The van der Waals surface area contributed by atoms with E-state index < -0.39 is 12.1 Å². The molecule has 0 aromatic carbocycles. The number of hydrogen-bond acceptors (Lipinski definition) is 5. The normalized spacial score (nSPS) is 12.7. The lowest BCUT2D eigenvalue weighted by Crippen LogP contribution is -2.45. The van der Waals surface area contributed by atoms with Crippen LogP contribution >= 0.6 is 0 Å². The van der Waals surface area contributed by atoms with Crippen LogP contribution in [0.4, 0.5) is 0 Å². The van der Waals surface area contributed by atoms with Crippen molar-refractivity contribution < 1.29 is 24.5 Å². The van der Waals surface area contributed by atoms with Gasteiger partial charge in [-0.3, -0.25) is 9.59 Å². The summed E-state index contributed by atoms with van der Waals surface area (Å²) >= 11 is 0. The summed E-state index contributed by atoms with van der Waals surface area (Å²) < 4.78 is 5.48. The van der Waals surface area contributed by atoms with Crippen LogP contribution in [0.1, 0.15) is 348 Å². The lowest BCUT2D eigenvalue weighted by Gasteiger charge is -2.19. The van der Waals surface area contributed by atoms with Gasteiger partial charge in [0.2, 0.25) is 5.91 Å². The van der Waals surface area contributed by atoms with Crippen molar-refractivity contribution in [2.45, 2.75) is 360 Å². The molecule has 0 rings (SSSR count). The van der Waals surface area contributed by atoms with Crippen molar-refractivity contribution in [2.24, 2.45) is 0 Å². The number of allylic oxidation sites excluding steroid dienone is 3. The van der Waals surface area contributed by atoms with Gasteiger partial charge in [-0.25, -0.2) is 0 Å². The van der Waals surface area contributed by atoms with E-state index in [9.17, 15) is 19.8 Å². The molecular formula is C64H123NO5. The summed E-state index contributed by atoms with van der Waals surface area (Å²) in [6, 6.07) is -0.649. The maximum absolute atomic E-state index is 12.5. The highest BCUT2D eigenvalue weighted by atomic mass is 16.5. The molecule has 70 heavy (non-hydrogen) atoms. The van der Waals surface area contributed by atoms with E-state index in [0.717, 1.165) is 70.6 Å². The maximum Gasteiger partial charge on any atom is 0.305 e. The number of carbonyl (C=O) groups is 2. The fourth-order valence-corrected chi connectivity index (χ4v) is 9.87. The van der Waals surface area contributed by atoms with Crippen molar-refractivity contribution in [3.8, 4) is 0 Å². The van der Waals surface area contributed by atoms with Gasteiger partial charge in [0.1, 0.15) is 0 Å². The quantitative estimate of drug-likeness (QED) is 0.0321. The number of aliphatic hydroxyl groups excluding tert-OH is 2. The average molecular weight is 987 g/mol. The molecule has 2 unspecified atom stereocenters. The predicted octanol–water partition coefficient (Wildman–Crippen LogP) is 19.8. The minimum absolute atomic E-state index is 0.00926. The largest absolute Gasteiger partial charge is 0.466 e. The predicted molar refractivity (Wildman–Crippen MR) is 306 cm³/mol. The zero-order valence-corrected chi connectivity index (χ0v) is 47.3. The van der Waals surface area contributed by atoms with Crippen LogP contribution < -0.4 is 5.32 Å². The number of carbonyl (C=O) groups excluding carboxylic acids is 2. The minimum atomic E-state index is -0.862. The van der Waals surface area contributed by atoms with Crippen LogP contribution in [0.2, 0.25) is 0 Å². The van der Waals surface area contributed by atoms with E-state index in [2.05, 4.69) is 31.3 Å². The Hall–Kier alpha value is -1.66. The van der Waals surface area contributed by atoms with Gasteiger partial charge in [-0.15, -0.1) is 0 Å². The number of rotatable bonds is 59. The van der Waals surface area contributed by atoms with Gasteiger partial charge in [-0.2, -0.15) is 0 Å². The smallest absolute Gasteiger partial charge is 0.305 e. The van der Waals surface area contributed by atoms with Crippen LogP contribution in [-0.2, 0) is 14.3 Å². The van der Waals surface area contributed by atoms with E-state index in [-0.39, 0.29) is 18.5 Å². The van der Waals surface area contributed by atoms with Gasteiger partial charge in [0.05, 0.1) is 25.4 Å². The zero-order valence-electron chi connectivity index (χ0n) is 47.3. The monoisotopic (exact) mass is 986 g/mol. The summed E-state index contributed by atoms with van der Waals surface area (Å²) in [7, 11) is 0. The lowest BCUT2D eigenvalue weighted by molar-refractivity contribution is -0.143. The Morgan fingerprint density at radius 3 is 1.03 bits per heavy atom. The topological polar surface area (TPSA) is 95.9 Å². The number of ether oxygens (including phenoxy) is 1. The highest BCUT2D eigenvalue weighted by molar-refractivity contribution is 5.76. The zero-order chi connectivity index (χ0) is 50.7. The van der Waals surface area contributed by atoms with Crippen LogP contribution in [0.5, 0.6) is 0 Å². The van der Waals surface area contributed by atoms with E-state index in [1.54, 1.807) is 6.08 Å². The number of nitrogens with one attached hydrogen (secondary N) is 1. The molecule has 1 amide bonds. The standard InChI is InChI=1S/C64H123NO5/c1-3-5-7-9-11-13-15-17-19-21-22-23-24-25-26-28-29-32-36-40-44-48-52-56-62(67)61(60-66)65-63(68)57-53-49-45-41-37-33-31-35-39-43-47-51-55-59-70-64(69)58-54-50-46-42-38-34-30-27-20-18-16-14-12-10-8-6-4-2/h33,37,52,56,61-62,66-67H,3-32,34-36,38-51,53-55,57-60H2,1-2H3,(H,65,68)/b37-33-,56-52+. The Balaban J connectivity index is 3.50.